The average molecular weight is 466 g/mol. The van der Waals surface area contributed by atoms with Crippen molar-refractivity contribution in [2.75, 3.05) is 6.54 Å². The maximum absolute atomic E-state index is 13.0. The van der Waals surface area contributed by atoms with Crippen LogP contribution in [0.4, 0.5) is 0 Å². The van der Waals surface area contributed by atoms with E-state index in [4.69, 9.17) is 0 Å². The molecule has 2 aromatic rings. The van der Waals surface area contributed by atoms with Gasteiger partial charge in [-0.2, -0.15) is 0 Å². The molecule has 2 fully saturated rings. The predicted molar refractivity (Wildman–Crippen MR) is 110 cm³/mol. The minimum absolute atomic E-state index is 0.0184. The highest BCUT2D eigenvalue weighted by Gasteiger charge is 2.44. The molecule has 0 radical (unpaired) electrons. The number of carbonyl (C=O) groups excluding carboxylic acids is 5. The zero-order valence-electron chi connectivity index (χ0n) is 17.6. The molecule has 0 bridgehead atoms. The number of nitrogens with one attached hydrogen (secondary N) is 1. The van der Waals surface area contributed by atoms with E-state index in [0.29, 0.717) is 25.1 Å². The summed E-state index contributed by atoms with van der Waals surface area (Å²) in [7, 11) is 0. The van der Waals surface area contributed by atoms with Gasteiger partial charge in [0.1, 0.15) is 12.1 Å². The van der Waals surface area contributed by atoms with E-state index in [-0.39, 0.29) is 29.7 Å². The molecule has 0 saturated carbocycles. The number of aliphatic carboxylic acids is 1. The van der Waals surface area contributed by atoms with Crippen LogP contribution in [0.3, 0.4) is 0 Å². The third-order valence-corrected chi connectivity index (χ3v) is 6.20. The first kappa shape index (κ1) is 21.4. The summed E-state index contributed by atoms with van der Waals surface area (Å²) in [4.78, 5) is 75.6. The molecule has 4 heterocycles. The molecule has 1 aromatic carbocycles. The van der Waals surface area contributed by atoms with Gasteiger partial charge in [0.2, 0.25) is 11.8 Å². The summed E-state index contributed by atoms with van der Waals surface area (Å²) in [6, 6.07) is 2.34. The average Bonchev–Trinajstić information content (AvgIpc) is 3.54. The van der Waals surface area contributed by atoms with Gasteiger partial charge in [0.05, 0.1) is 23.0 Å². The van der Waals surface area contributed by atoms with Gasteiger partial charge in [-0.1, -0.05) is 5.21 Å². The third-order valence-electron chi connectivity index (χ3n) is 6.20. The number of carbonyl (C=O) groups is 6. The maximum Gasteiger partial charge on any atom is 0.326 e. The topological polar surface area (TPSA) is 172 Å². The second kappa shape index (κ2) is 7.86. The smallest absolute Gasteiger partial charge is 0.326 e. The Bertz CT molecular complexity index is 1280. The number of amides is 5. The van der Waals surface area contributed by atoms with Crippen LogP contribution >= 0.6 is 0 Å². The van der Waals surface area contributed by atoms with Gasteiger partial charge in [-0.25, -0.2) is 9.48 Å². The van der Waals surface area contributed by atoms with E-state index in [1.54, 1.807) is 0 Å². The zero-order valence-corrected chi connectivity index (χ0v) is 17.6. The number of piperidine rings is 1. The van der Waals surface area contributed by atoms with Gasteiger partial charge < -0.3 is 10.0 Å². The van der Waals surface area contributed by atoms with Crippen molar-refractivity contribution in [3.63, 3.8) is 0 Å². The van der Waals surface area contributed by atoms with Crippen LogP contribution in [0.25, 0.3) is 5.69 Å². The first-order valence-electron chi connectivity index (χ1n) is 10.6. The zero-order chi connectivity index (χ0) is 24.1. The first-order valence-corrected chi connectivity index (χ1v) is 10.6. The summed E-state index contributed by atoms with van der Waals surface area (Å²) in [6.07, 6.45) is 2.32. The molecule has 5 amide bonds. The molecule has 13 heteroatoms. The lowest BCUT2D eigenvalue weighted by Gasteiger charge is -2.27. The van der Waals surface area contributed by atoms with E-state index >= 15 is 0 Å². The van der Waals surface area contributed by atoms with Crippen molar-refractivity contribution in [2.45, 2.75) is 37.8 Å². The summed E-state index contributed by atoms with van der Waals surface area (Å²) in [5, 5.41) is 19.2. The second-order valence-corrected chi connectivity index (χ2v) is 8.22. The van der Waals surface area contributed by atoms with Gasteiger partial charge in [0.25, 0.3) is 17.7 Å². The van der Waals surface area contributed by atoms with Gasteiger partial charge in [-0.05, 0) is 37.5 Å². The fourth-order valence-corrected chi connectivity index (χ4v) is 4.50. The minimum atomic E-state index is -1.08. The van der Waals surface area contributed by atoms with Gasteiger partial charge in [0.15, 0.2) is 5.69 Å². The lowest BCUT2D eigenvalue weighted by Crippen LogP contribution is -2.54. The first-order chi connectivity index (χ1) is 16.3. The Morgan fingerprint density at radius 2 is 1.82 bits per heavy atom. The normalized spacial score (nSPS) is 22.2. The number of imide groups is 2. The number of nitrogens with zero attached hydrogens (tertiary/aromatic N) is 5. The number of benzene rings is 1. The number of likely N-dealkylation sites (tertiary alicyclic amines) is 1. The quantitative estimate of drug-likeness (QED) is 0.556. The van der Waals surface area contributed by atoms with Crippen molar-refractivity contribution in [1.29, 1.82) is 0 Å². The fourth-order valence-electron chi connectivity index (χ4n) is 4.50. The van der Waals surface area contributed by atoms with Crippen molar-refractivity contribution in [2.24, 2.45) is 0 Å². The number of hydrogen-bond donors (Lipinski definition) is 2. The highest BCUT2D eigenvalue weighted by molar-refractivity contribution is 6.23. The molecular formula is C21H18N6O7. The van der Waals surface area contributed by atoms with Gasteiger partial charge in [-0.3, -0.25) is 34.2 Å². The van der Waals surface area contributed by atoms with Crippen molar-refractivity contribution in [3.8, 4) is 5.69 Å². The van der Waals surface area contributed by atoms with E-state index in [1.807, 2.05) is 0 Å². The van der Waals surface area contributed by atoms with Gasteiger partial charge >= 0.3 is 5.97 Å². The molecular weight excluding hydrogens is 448 g/mol. The number of rotatable bonds is 4. The summed E-state index contributed by atoms with van der Waals surface area (Å²) in [5.74, 6) is -4.11. The van der Waals surface area contributed by atoms with E-state index in [1.165, 1.54) is 34.0 Å². The molecule has 2 N–H and O–H groups in total. The minimum Gasteiger partial charge on any atom is -0.480 e. The van der Waals surface area contributed by atoms with Gasteiger partial charge in [0, 0.05) is 13.0 Å². The Kier molecular flexibility index (Phi) is 4.96. The van der Waals surface area contributed by atoms with Gasteiger partial charge in [-0.15, -0.1) is 5.10 Å². The van der Waals surface area contributed by atoms with Crippen LogP contribution in [0.5, 0.6) is 0 Å². The monoisotopic (exact) mass is 466 g/mol. The van der Waals surface area contributed by atoms with Crippen molar-refractivity contribution >= 4 is 35.5 Å². The van der Waals surface area contributed by atoms with Crippen molar-refractivity contribution in [3.05, 3.63) is 41.2 Å². The highest BCUT2D eigenvalue weighted by Crippen LogP contribution is 2.29. The summed E-state index contributed by atoms with van der Waals surface area (Å²) < 4.78 is 1.24. The fraction of sp³-hybridized carbons (Fsp3) is 0.333. The molecule has 13 nitrogen and oxygen atoms in total. The number of fused-ring (bicyclic) bond motifs is 1. The summed E-state index contributed by atoms with van der Waals surface area (Å²) >= 11 is 0. The molecule has 1 unspecified atom stereocenters. The molecule has 2 atom stereocenters. The van der Waals surface area contributed by atoms with Crippen LogP contribution in [0.15, 0.2) is 24.4 Å². The van der Waals surface area contributed by atoms with Crippen molar-refractivity contribution in [1.82, 2.24) is 30.1 Å². The van der Waals surface area contributed by atoms with E-state index in [0.717, 1.165) is 4.90 Å². The summed E-state index contributed by atoms with van der Waals surface area (Å²) in [5.41, 5.74) is 0.450. The third kappa shape index (κ3) is 3.32. The Morgan fingerprint density at radius 3 is 2.56 bits per heavy atom. The second-order valence-electron chi connectivity index (χ2n) is 8.22. The molecule has 3 aliphatic heterocycles. The van der Waals surface area contributed by atoms with Crippen LogP contribution in [0.1, 0.15) is 56.9 Å². The molecule has 1 aromatic heterocycles. The Morgan fingerprint density at radius 1 is 1.06 bits per heavy atom. The standard InChI is InChI=1S/C21H18N6O7/c28-16-6-5-14(17(29)22-16)27-18(30)11-4-3-10(8-12(11)19(27)31)26-9-13(23-24-26)20(32)25-7-1-2-15(25)21(33)34/h3-4,8-9,14-15H,1-2,5-7H2,(H,33,34)(H,22,28,29)/t14?,15-/m0/s1. The number of carboxylic acid groups (broad SMARTS) is 1. The van der Waals surface area contributed by atoms with E-state index in [9.17, 15) is 33.9 Å². The van der Waals surface area contributed by atoms with Crippen LogP contribution in [-0.2, 0) is 14.4 Å². The Hall–Kier alpha value is -4.42. The Labute approximate surface area is 191 Å². The predicted octanol–water partition coefficient (Wildman–Crippen LogP) is -0.642. The SMILES string of the molecule is O=C1CCC(N2C(=O)c3ccc(-n4cc(C(=O)N5CCC[C@H]5C(=O)O)nn4)cc3C2=O)C(=O)N1. The molecule has 34 heavy (non-hydrogen) atoms. The Balaban J connectivity index is 1.40. The van der Waals surface area contributed by atoms with E-state index in [2.05, 4.69) is 15.6 Å². The summed E-state index contributed by atoms with van der Waals surface area (Å²) in [6.45, 7) is 0.300. The molecule has 0 aliphatic carbocycles. The number of hydrogen-bond acceptors (Lipinski definition) is 8. The lowest BCUT2D eigenvalue weighted by molar-refractivity contribution is -0.141. The molecule has 0 spiro atoms. The lowest BCUT2D eigenvalue weighted by atomic mass is 10.0. The maximum atomic E-state index is 13.0. The number of aromatic nitrogens is 3. The van der Waals surface area contributed by atoms with Crippen molar-refractivity contribution < 1.29 is 33.9 Å². The van der Waals surface area contributed by atoms with E-state index < -0.39 is 47.6 Å². The largest absolute Gasteiger partial charge is 0.480 e. The number of carboxylic acids is 1. The van der Waals surface area contributed by atoms with Crippen LogP contribution in [0, 0.1) is 0 Å². The van der Waals surface area contributed by atoms with Crippen LogP contribution in [-0.4, -0.2) is 84.0 Å². The van der Waals surface area contributed by atoms with Crippen LogP contribution in [0.2, 0.25) is 0 Å². The highest BCUT2D eigenvalue weighted by atomic mass is 16.4. The molecule has 2 saturated heterocycles. The van der Waals surface area contributed by atoms with Crippen LogP contribution < -0.4 is 5.32 Å². The molecule has 3 aliphatic rings. The molecule has 5 rings (SSSR count). The molecule has 174 valence electrons.